The number of aliphatic hydroxyl groups excluding tert-OH is 4. The van der Waals surface area contributed by atoms with E-state index in [9.17, 15) is 45.8 Å². The average molecular weight is 949 g/mol. The molecular formula is C55H68N2O12. The molecule has 14 nitrogen and oxygen atoms in total. The van der Waals surface area contributed by atoms with E-state index in [0.29, 0.717) is 50.1 Å². The highest BCUT2D eigenvalue weighted by Gasteiger charge is 2.64. The molecule has 2 saturated carbocycles. The van der Waals surface area contributed by atoms with Crippen LogP contribution in [-0.4, -0.2) is 115 Å². The third-order valence-corrected chi connectivity index (χ3v) is 16.1. The van der Waals surface area contributed by atoms with Crippen LogP contribution in [0.2, 0.25) is 0 Å². The molecule has 7 N–H and O–H groups in total. The summed E-state index contributed by atoms with van der Waals surface area (Å²) in [7, 11) is 1.64. The lowest BCUT2D eigenvalue weighted by atomic mass is 9.62. The van der Waals surface area contributed by atoms with Crippen LogP contribution in [-0.2, 0) is 40.0 Å². The third kappa shape index (κ3) is 10.6. The second-order valence-corrected chi connectivity index (χ2v) is 20.5. The minimum Gasteiger partial charge on any atom is -0.478 e. The minimum atomic E-state index is -2.32. The molecule has 3 aromatic rings. The number of carbonyl (C=O) groups is 1. The van der Waals surface area contributed by atoms with Crippen molar-refractivity contribution in [2.24, 2.45) is 35.0 Å². The molecule has 3 aliphatic heterocycles. The van der Waals surface area contributed by atoms with Crippen molar-refractivity contribution in [1.82, 2.24) is 4.57 Å². The van der Waals surface area contributed by atoms with Gasteiger partial charge in [0.05, 0.1) is 29.4 Å². The predicted molar refractivity (Wildman–Crippen MR) is 254 cm³/mol. The number of benzene rings is 2. The lowest BCUT2D eigenvalue weighted by Gasteiger charge is -2.51. The Kier molecular flexibility index (Phi) is 15.7. The zero-order valence-corrected chi connectivity index (χ0v) is 39.4. The predicted octanol–water partition coefficient (Wildman–Crippen LogP) is 5.48. The van der Waals surface area contributed by atoms with Crippen molar-refractivity contribution in [2.45, 2.75) is 138 Å². The Labute approximate surface area is 404 Å². The van der Waals surface area contributed by atoms with Crippen molar-refractivity contribution >= 4 is 5.97 Å². The van der Waals surface area contributed by atoms with E-state index in [1.807, 2.05) is 47.2 Å². The molecule has 1 spiro atoms. The van der Waals surface area contributed by atoms with E-state index in [2.05, 4.69) is 30.8 Å². The molecule has 2 aromatic carbocycles. The van der Waals surface area contributed by atoms with Crippen LogP contribution < -0.4 is 4.74 Å². The largest absolute Gasteiger partial charge is 0.478 e. The summed E-state index contributed by atoms with van der Waals surface area (Å²) >= 11 is 0. The summed E-state index contributed by atoms with van der Waals surface area (Å²) < 4.78 is 26.8. The molecule has 0 amide bonds. The fraction of sp³-hybridized carbons (Fsp3) is 0.564. The molecule has 3 fully saturated rings. The summed E-state index contributed by atoms with van der Waals surface area (Å²) in [6.45, 7) is 4.78. The van der Waals surface area contributed by atoms with Crippen molar-refractivity contribution in [3.8, 4) is 23.8 Å². The molecule has 6 aliphatic rings. The van der Waals surface area contributed by atoms with Crippen LogP contribution >= 0.6 is 0 Å². The Hall–Kier alpha value is -5.00. The Balaban J connectivity index is 1.12. The Morgan fingerprint density at radius 3 is 2.54 bits per heavy atom. The number of rotatable bonds is 17. The molecule has 9 rings (SSSR count). The van der Waals surface area contributed by atoms with E-state index < -0.39 is 65.8 Å². The molecule has 4 heterocycles. The highest BCUT2D eigenvalue weighted by atomic mass is 16.7. The lowest BCUT2D eigenvalue weighted by molar-refractivity contribution is -0.334. The van der Waals surface area contributed by atoms with Gasteiger partial charge in [-0.25, -0.2) is 4.79 Å². The number of carboxylic acids is 1. The van der Waals surface area contributed by atoms with Crippen molar-refractivity contribution in [3.05, 3.63) is 114 Å². The van der Waals surface area contributed by atoms with Gasteiger partial charge in [0, 0.05) is 50.9 Å². The Morgan fingerprint density at radius 2 is 1.84 bits per heavy atom. The van der Waals surface area contributed by atoms with Gasteiger partial charge in [0.1, 0.15) is 42.3 Å². The number of allylic oxidation sites excluding steroid dienone is 2. The topological polar surface area (TPSA) is 224 Å². The quantitative estimate of drug-likeness (QED) is 0.0659. The highest BCUT2D eigenvalue weighted by Crippen LogP contribution is 2.65. The summed E-state index contributed by atoms with van der Waals surface area (Å²) in [5.74, 6) is 0.869. The fourth-order valence-electron chi connectivity index (χ4n) is 12.8. The van der Waals surface area contributed by atoms with Crippen molar-refractivity contribution in [2.75, 3.05) is 20.3 Å². The van der Waals surface area contributed by atoms with Gasteiger partial charge in [0.15, 0.2) is 5.60 Å². The van der Waals surface area contributed by atoms with Crippen LogP contribution in [0.25, 0.3) is 0 Å². The number of carboxylic acid groups (broad SMARTS) is 1. The first-order valence-corrected chi connectivity index (χ1v) is 24.6. The number of aromatic nitrogens is 1. The van der Waals surface area contributed by atoms with Crippen molar-refractivity contribution in [1.29, 1.82) is 5.26 Å². The molecule has 2 bridgehead atoms. The van der Waals surface area contributed by atoms with Gasteiger partial charge in [-0.2, -0.15) is 5.26 Å². The first-order valence-electron chi connectivity index (χ1n) is 24.6. The summed E-state index contributed by atoms with van der Waals surface area (Å²) in [4.78, 5) is 11.6. The van der Waals surface area contributed by atoms with Gasteiger partial charge >= 0.3 is 5.97 Å². The third-order valence-electron chi connectivity index (χ3n) is 16.1. The van der Waals surface area contributed by atoms with Gasteiger partial charge in [-0.05, 0) is 134 Å². The monoisotopic (exact) mass is 948 g/mol. The van der Waals surface area contributed by atoms with E-state index in [4.69, 9.17) is 18.9 Å². The summed E-state index contributed by atoms with van der Waals surface area (Å²) in [5, 5.41) is 91.0. The van der Waals surface area contributed by atoms with E-state index in [1.165, 1.54) is 0 Å². The van der Waals surface area contributed by atoms with Gasteiger partial charge < -0.3 is 59.3 Å². The Morgan fingerprint density at radius 1 is 1.06 bits per heavy atom. The zero-order valence-electron chi connectivity index (χ0n) is 39.4. The molecule has 1 aromatic heterocycles. The molecule has 3 aliphatic carbocycles. The van der Waals surface area contributed by atoms with E-state index in [0.717, 1.165) is 42.4 Å². The number of fused-ring (bicyclic) bond motifs is 10. The molecular weight excluding hydrogens is 881 g/mol. The smallest absolute Gasteiger partial charge is 0.335 e. The fourth-order valence-corrected chi connectivity index (χ4v) is 12.8. The first kappa shape index (κ1) is 50.4. The number of nitrogens with zero attached hydrogens (tertiary/aromatic N) is 2. The normalized spacial score (nSPS) is 33.0. The molecule has 0 radical (unpaired) electrons. The number of aromatic carboxylic acids is 1. The number of nitriles is 1. The molecule has 14 heteroatoms. The molecule has 13 atom stereocenters. The van der Waals surface area contributed by atoms with E-state index in [1.54, 1.807) is 37.6 Å². The maximum atomic E-state index is 13.1. The number of hydrogen-bond acceptors (Lipinski definition) is 12. The second kappa shape index (κ2) is 21.6. The Bertz CT molecular complexity index is 2390. The first-order chi connectivity index (χ1) is 33.2. The van der Waals surface area contributed by atoms with Gasteiger partial charge in [-0.15, -0.1) is 6.58 Å². The van der Waals surface area contributed by atoms with Gasteiger partial charge in [0.2, 0.25) is 6.29 Å². The van der Waals surface area contributed by atoms with Gasteiger partial charge in [0.25, 0.3) is 0 Å². The van der Waals surface area contributed by atoms with Crippen molar-refractivity contribution in [3.63, 3.8) is 0 Å². The minimum absolute atomic E-state index is 0.0164. The van der Waals surface area contributed by atoms with E-state index >= 15 is 0 Å². The molecule has 370 valence electrons. The van der Waals surface area contributed by atoms with Crippen LogP contribution in [0.4, 0.5) is 0 Å². The number of ether oxygens (including phenoxy) is 4. The summed E-state index contributed by atoms with van der Waals surface area (Å²) in [6.07, 6.45) is 10.4. The maximum Gasteiger partial charge on any atom is 0.335 e. The van der Waals surface area contributed by atoms with Crippen LogP contribution in [0.1, 0.15) is 96.8 Å². The van der Waals surface area contributed by atoms with Crippen LogP contribution in [0.5, 0.6) is 5.75 Å². The lowest BCUT2D eigenvalue weighted by Crippen LogP contribution is -2.70. The molecule has 1 saturated heterocycles. The molecule has 69 heavy (non-hydrogen) atoms. The maximum absolute atomic E-state index is 13.1. The number of aliphatic hydroxyl groups is 6. The highest BCUT2D eigenvalue weighted by molar-refractivity contribution is 5.87. The second-order valence-electron chi connectivity index (χ2n) is 20.5. The van der Waals surface area contributed by atoms with Gasteiger partial charge in [-0.3, -0.25) is 0 Å². The van der Waals surface area contributed by atoms with Crippen LogP contribution in [0.3, 0.4) is 0 Å². The zero-order chi connectivity index (χ0) is 48.9. The summed E-state index contributed by atoms with van der Waals surface area (Å²) in [5.41, 5.74) is 0.0405. The SMILES string of the molecule is C=CCc1ccc(OC2OC3C(CCCO)OC#CCC(O)C(C4C=CC5C(O)(C4)CC(Cc4ccc(C(=O)O)cc4)C54CCCC4)CC2(O)C(O)C3O)cc1CC(COC)Cn1ccc(C#N)c1. The van der Waals surface area contributed by atoms with Crippen molar-refractivity contribution < 1.29 is 59.5 Å². The number of methoxy groups -OCH3 is 1. The van der Waals surface area contributed by atoms with Crippen LogP contribution in [0.15, 0.2) is 85.7 Å². The number of hydrogen-bond donors (Lipinski definition) is 7. The average Bonchev–Trinajstić information content (AvgIpc) is 4.07. The molecule has 13 unspecified atom stereocenters. The summed E-state index contributed by atoms with van der Waals surface area (Å²) in [6, 6.07) is 16.4. The van der Waals surface area contributed by atoms with E-state index in [-0.39, 0.29) is 67.4 Å². The standard InChI is InChI=1S/C55H68N2O12/c1-3-8-38-15-17-43(27-41(38)25-37(34-66-2)33-57-22-19-36(31-56)32-57)68-52-55(65)30-44(45(59)9-7-24-67-46(10-6-23-58)49(69-52)48(60)50(55)61)40-16-18-47-53(20-4-5-21-53)42(29-54(47,64)28-40)26-35-11-13-39(14-12-35)51(62)63/h3,11-19,22,27,32,37,40,42,44-50,52,58-61,64-65H,1,4-6,8-10,20-21,23,25-26,28-30,33-34H2,2H3,(H,62,63). The van der Waals surface area contributed by atoms with Gasteiger partial charge in [-0.1, -0.05) is 55.2 Å². The van der Waals surface area contributed by atoms with Crippen LogP contribution in [0, 0.1) is 58.4 Å².